The van der Waals surface area contributed by atoms with Crippen LogP contribution in [0.4, 0.5) is 10.5 Å². The minimum absolute atomic E-state index is 0.106. The van der Waals surface area contributed by atoms with E-state index < -0.39 is 0 Å². The highest BCUT2D eigenvalue weighted by Crippen LogP contribution is 2.23. The number of carbonyl (C=O) groups excluding carboxylic acids is 1. The molecule has 2 aromatic rings. The van der Waals surface area contributed by atoms with Gasteiger partial charge in [-0.15, -0.1) is 0 Å². The first kappa shape index (κ1) is 20.0. The number of ether oxygens (including phenoxy) is 1. The quantitative estimate of drug-likeness (QED) is 0.752. The summed E-state index contributed by atoms with van der Waals surface area (Å²) in [6.45, 7) is 8.32. The topological polar surface area (TPSA) is 67.6 Å². The molecule has 28 heavy (non-hydrogen) atoms. The number of aryl methyl sites for hydroxylation is 1. The van der Waals surface area contributed by atoms with Crippen molar-refractivity contribution in [1.82, 2.24) is 10.1 Å². The number of nitrogens with zero attached hydrogens (tertiary/aromatic N) is 2. The van der Waals surface area contributed by atoms with Gasteiger partial charge in [0.15, 0.2) is 5.76 Å². The predicted molar refractivity (Wildman–Crippen MR) is 110 cm³/mol. The van der Waals surface area contributed by atoms with Crippen LogP contribution in [0.15, 0.2) is 40.6 Å². The number of hydrogen-bond donors (Lipinski definition) is 1. The number of rotatable bonds is 6. The number of piperidine rings is 1. The molecule has 0 spiro atoms. The third-order valence-corrected chi connectivity index (χ3v) is 4.88. The van der Waals surface area contributed by atoms with Crippen molar-refractivity contribution >= 4 is 17.8 Å². The first-order valence-electron chi connectivity index (χ1n) is 9.91. The Morgan fingerprint density at radius 1 is 1.36 bits per heavy atom. The molecular formula is C22H29N3O3. The van der Waals surface area contributed by atoms with Gasteiger partial charge in [-0.05, 0) is 49.8 Å². The molecule has 1 aliphatic rings. The molecule has 0 aliphatic carbocycles. The molecule has 0 unspecified atom stereocenters. The molecule has 1 fully saturated rings. The van der Waals surface area contributed by atoms with Crippen molar-refractivity contribution in [2.45, 2.75) is 40.0 Å². The Kier molecular flexibility index (Phi) is 6.74. The molecule has 2 heterocycles. The standard InChI is InChI=1S/C22H29N3O3/c1-16(2)9-12-27-20-6-4-5-19(14-20)13-18-7-10-25(11-8-18)22(26)24-21-15-23-28-17(21)3/h4-6,13-16H,7-12H2,1-3H3,(H,24,26). The van der Waals surface area contributed by atoms with Crippen LogP contribution in [-0.4, -0.2) is 35.8 Å². The molecular weight excluding hydrogens is 354 g/mol. The van der Waals surface area contributed by atoms with E-state index in [0.717, 1.165) is 37.2 Å². The summed E-state index contributed by atoms with van der Waals surface area (Å²) in [7, 11) is 0. The van der Waals surface area contributed by atoms with Crippen LogP contribution in [0.2, 0.25) is 0 Å². The van der Waals surface area contributed by atoms with Crippen LogP contribution < -0.4 is 10.1 Å². The van der Waals surface area contributed by atoms with Crippen LogP contribution in [0.25, 0.3) is 6.08 Å². The first-order valence-corrected chi connectivity index (χ1v) is 9.91. The van der Waals surface area contributed by atoms with Crippen molar-refractivity contribution in [2.75, 3.05) is 25.0 Å². The second-order valence-electron chi connectivity index (χ2n) is 7.62. The van der Waals surface area contributed by atoms with Crippen molar-refractivity contribution in [3.8, 4) is 5.75 Å². The number of nitrogens with one attached hydrogen (secondary N) is 1. The molecule has 0 atom stereocenters. The second-order valence-corrected chi connectivity index (χ2v) is 7.62. The smallest absolute Gasteiger partial charge is 0.322 e. The minimum Gasteiger partial charge on any atom is -0.494 e. The maximum Gasteiger partial charge on any atom is 0.322 e. The van der Waals surface area contributed by atoms with Gasteiger partial charge in [0.2, 0.25) is 0 Å². The Bertz CT molecular complexity index is 816. The molecule has 1 aromatic carbocycles. The third kappa shape index (κ3) is 5.62. The summed E-state index contributed by atoms with van der Waals surface area (Å²) in [5.74, 6) is 2.17. The van der Waals surface area contributed by atoms with Gasteiger partial charge in [-0.3, -0.25) is 0 Å². The lowest BCUT2D eigenvalue weighted by Crippen LogP contribution is -2.39. The molecule has 0 radical (unpaired) electrons. The fourth-order valence-corrected chi connectivity index (χ4v) is 3.10. The van der Waals surface area contributed by atoms with E-state index >= 15 is 0 Å². The van der Waals surface area contributed by atoms with Crippen molar-refractivity contribution in [2.24, 2.45) is 5.92 Å². The van der Waals surface area contributed by atoms with Gasteiger partial charge in [-0.25, -0.2) is 4.79 Å². The van der Waals surface area contributed by atoms with Crippen LogP contribution in [0.3, 0.4) is 0 Å². The summed E-state index contributed by atoms with van der Waals surface area (Å²) < 4.78 is 10.8. The Morgan fingerprint density at radius 2 is 2.14 bits per heavy atom. The number of benzene rings is 1. The van der Waals surface area contributed by atoms with Crippen LogP contribution >= 0.6 is 0 Å². The highest BCUT2D eigenvalue weighted by molar-refractivity contribution is 5.89. The Morgan fingerprint density at radius 3 is 2.82 bits per heavy atom. The van der Waals surface area contributed by atoms with E-state index in [1.807, 2.05) is 17.0 Å². The second kappa shape index (κ2) is 9.44. The summed E-state index contributed by atoms with van der Waals surface area (Å²) in [5.41, 5.74) is 3.13. The zero-order valence-corrected chi connectivity index (χ0v) is 16.9. The van der Waals surface area contributed by atoms with Gasteiger partial charge >= 0.3 is 6.03 Å². The van der Waals surface area contributed by atoms with Gasteiger partial charge in [-0.2, -0.15) is 0 Å². The zero-order chi connectivity index (χ0) is 19.9. The Labute approximate surface area is 166 Å². The molecule has 1 N–H and O–H groups in total. The van der Waals surface area contributed by atoms with E-state index in [1.165, 1.54) is 11.8 Å². The summed E-state index contributed by atoms with van der Waals surface area (Å²) in [6.07, 6.45) is 6.54. The number of likely N-dealkylation sites (tertiary alicyclic amines) is 1. The SMILES string of the molecule is Cc1oncc1NC(=O)N1CCC(=Cc2cccc(OCCC(C)C)c2)CC1. The lowest BCUT2D eigenvalue weighted by Gasteiger charge is -2.28. The average molecular weight is 383 g/mol. The van der Waals surface area contributed by atoms with E-state index in [1.54, 1.807) is 6.92 Å². The minimum atomic E-state index is -0.106. The molecule has 0 bridgehead atoms. The Balaban J connectivity index is 1.52. The fourth-order valence-electron chi connectivity index (χ4n) is 3.10. The number of urea groups is 1. The highest BCUT2D eigenvalue weighted by atomic mass is 16.5. The fraction of sp³-hybridized carbons (Fsp3) is 0.455. The molecule has 1 aliphatic heterocycles. The number of anilines is 1. The molecule has 2 amide bonds. The van der Waals surface area contributed by atoms with Gasteiger partial charge in [0.25, 0.3) is 0 Å². The summed E-state index contributed by atoms with van der Waals surface area (Å²) in [6, 6.07) is 8.10. The van der Waals surface area contributed by atoms with Gasteiger partial charge in [0, 0.05) is 13.1 Å². The van der Waals surface area contributed by atoms with Gasteiger partial charge in [0.05, 0.1) is 12.8 Å². The maximum atomic E-state index is 12.4. The van der Waals surface area contributed by atoms with Gasteiger partial charge in [0.1, 0.15) is 11.4 Å². The third-order valence-electron chi connectivity index (χ3n) is 4.88. The van der Waals surface area contributed by atoms with E-state index in [0.29, 0.717) is 30.5 Å². The zero-order valence-electron chi connectivity index (χ0n) is 16.9. The van der Waals surface area contributed by atoms with Crippen LogP contribution in [0.1, 0.15) is 44.4 Å². The number of carbonyl (C=O) groups is 1. The molecule has 150 valence electrons. The van der Waals surface area contributed by atoms with Crippen molar-refractivity contribution in [3.05, 3.63) is 47.4 Å². The van der Waals surface area contributed by atoms with E-state index in [4.69, 9.17) is 9.26 Å². The van der Waals surface area contributed by atoms with Gasteiger partial charge in [-0.1, -0.05) is 42.8 Å². The molecule has 1 saturated heterocycles. The van der Waals surface area contributed by atoms with E-state index in [-0.39, 0.29) is 6.03 Å². The first-order chi connectivity index (χ1) is 13.5. The summed E-state index contributed by atoms with van der Waals surface area (Å²) >= 11 is 0. The number of hydrogen-bond acceptors (Lipinski definition) is 4. The molecule has 6 nitrogen and oxygen atoms in total. The van der Waals surface area contributed by atoms with E-state index in [9.17, 15) is 4.79 Å². The monoisotopic (exact) mass is 383 g/mol. The van der Waals surface area contributed by atoms with Crippen LogP contribution in [-0.2, 0) is 0 Å². The molecule has 0 saturated carbocycles. The van der Waals surface area contributed by atoms with Crippen molar-refractivity contribution in [1.29, 1.82) is 0 Å². The normalized spacial score (nSPS) is 14.3. The Hall–Kier alpha value is -2.76. The van der Waals surface area contributed by atoms with Crippen molar-refractivity contribution < 1.29 is 14.1 Å². The number of amides is 2. The van der Waals surface area contributed by atoms with Gasteiger partial charge < -0.3 is 19.5 Å². The lowest BCUT2D eigenvalue weighted by atomic mass is 10.0. The lowest BCUT2D eigenvalue weighted by molar-refractivity contribution is 0.207. The van der Waals surface area contributed by atoms with Crippen LogP contribution in [0, 0.1) is 12.8 Å². The van der Waals surface area contributed by atoms with Crippen molar-refractivity contribution in [3.63, 3.8) is 0 Å². The number of aromatic nitrogens is 1. The highest BCUT2D eigenvalue weighted by Gasteiger charge is 2.20. The van der Waals surface area contributed by atoms with E-state index in [2.05, 4.69) is 42.5 Å². The average Bonchev–Trinajstić information content (AvgIpc) is 3.07. The molecule has 1 aromatic heterocycles. The molecule has 6 heteroatoms. The maximum absolute atomic E-state index is 12.4. The largest absolute Gasteiger partial charge is 0.494 e. The summed E-state index contributed by atoms with van der Waals surface area (Å²) in [4.78, 5) is 14.2. The molecule has 3 rings (SSSR count). The van der Waals surface area contributed by atoms with Crippen LogP contribution in [0.5, 0.6) is 5.75 Å². The predicted octanol–water partition coefficient (Wildman–Crippen LogP) is 5.12. The summed E-state index contributed by atoms with van der Waals surface area (Å²) in [5, 5.41) is 6.54.